The molecule has 5 rings (SSSR count). The summed E-state index contributed by atoms with van der Waals surface area (Å²) in [5.74, 6) is 0.180. The van der Waals surface area contributed by atoms with Gasteiger partial charge >= 0.3 is 0 Å². The van der Waals surface area contributed by atoms with Crippen molar-refractivity contribution in [3.63, 3.8) is 0 Å². The third-order valence-electron chi connectivity index (χ3n) is 6.81. The molecule has 1 aliphatic carbocycles. The Morgan fingerprint density at radius 1 is 1.07 bits per heavy atom. The lowest BCUT2D eigenvalue weighted by molar-refractivity contribution is -0.110. The van der Waals surface area contributed by atoms with E-state index in [0.717, 1.165) is 47.7 Å². The molecule has 3 aromatic rings. The number of aromatic amines is 1. The van der Waals surface area contributed by atoms with Gasteiger partial charge in [-0.3, -0.25) is 4.79 Å². The third-order valence-corrected chi connectivity index (χ3v) is 6.81. The number of carbonyl (C=O) groups excluding carboxylic acids is 1. The first-order chi connectivity index (χ1) is 13.7. The summed E-state index contributed by atoms with van der Waals surface area (Å²) in [5.41, 5.74) is 1.87. The van der Waals surface area contributed by atoms with Gasteiger partial charge in [-0.25, -0.2) is 0 Å². The van der Waals surface area contributed by atoms with E-state index in [1.807, 2.05) is 65.7 Å². The number of amides is 1. The molecule has 1 aromatic heterocycles. The number of carbonyl (C=O) groups is 1. The molecule has 4 heteroatoms. The zero-order chi connectivity index (χ0) is 19.1. The second kappa shape index (κ2) is 6.78. The fourth-order valence-electron chi connectivity index (χ4n) is 5.37. The minimum Gasteiger partial charge on any atom is -0.385 e. The number of H-pyrrole nitrogens is 1. The van der Waals surface area contributed by atoms with Crippen molar-refractivity contribution in [1.82, 2.24) is 9.88 Å². The SMILES string of the molecule is O=C(c1ccc2cc[nH]c2c1)N1CC[C@](O)(c2ccccc2)[C@H]2CCCC[C@H]21. The summed E-state index contributed by atoms with van der Waals surface area (Å²) >= 11 is 0. The smallest absolute Gasteiger partial charge is 0.254 e. The number of fused-ring (bicyclic) bond motifs is 2. The van der Waals surface area contributed by atoms with E-state index >= 15 is 0 Å². The molecule has 2 aromatic carbocycles. The second-order valence-electron chi connectivity index (χ2n) is 8.28. The molecule has 0 unspecified atom stereocenters. The van der Waals surface area contributed by atoms with Crippen LogP contribution in [-0.2, 0) is 5.60 Å². The molecule has 0 radical (unpaired) electrons. The number of hydrogen-bond acceptors (Lipinski definition) is 2. The van der Waals surface area contributed by atoms with Gasteiger partial charge in [-0.1, -0.05) is 49.2 Å². The van der Waals surface area contributed by atoms with Crippen LogP contribution in [0.1, 0.15) is 48.0 Å². The van der Waals surface area contributed by atoms with Crippen molar-refractivity contribution in [3.05, 3.63) is 71.9 Å². The first kappa shape index (κ1) is 17.5. The Kier molecular flexibility index (Phi) is 4.24. The average molecular weight is 374 g/mol. The van der Waals surface area contributed by atoms with Crippen molar-refractivity contribution in [1.29, 1.82) is 0 Å². The highest BCUT2D eigenvalue weighted by molar-refractivity contribution is 5.98. The van der Waals surface area contributed by atoms with Crippen LogP contribution < -0.4 is 0 Å². The fourth-order valence-corrected chi connectivity index (χ4v) is 5.37. The van der Waals surface area contributed by atoms with Crippen LogP contribution in [0.2, 0.25) is 0 Å². The number of nitrogens with zero attached hydrogens (tertiary/aromatic N) is 1. The Balaban J connectivity index is 1.47. The molecular weight excluding hydrogens is 348 g/mol. The standard InChI is InChI=1S/C24H26N2O2/c27-23(18-11-10-17-12-14-25-21(17)16-18)26-15-13-24(28,19-6-2-1-3-7-19)20-8-4-5-9-22(20)26/h1-3,6-7,10-12,14,16,20,22,25,28H,4-5,8-9,13,15H2/t20-,22+,24-/m0/s1. The number of benzene rings is 2. The molecular formula is C24H26N2O2. The van der Waals surface area contributed by atoms with Gasteiger partial charge in [0, 0.05) is 35.8 Å². The molecule has 2 aliphatic rings. The quantitative estimate of drug-likeness (QED) is 0.696. The Morgan fingerprint density at radius 3 is 2.75 bits per heavy atom. The number of aromatic nitrogens is 1. The largest absolute Gasteiger partial charge is 0.385 e. The van der Waals surface area contributed by atoms with Crippen molar-refractivity contribution in [2.24, 2.45) is 5.92 Å². The van der Waals surface area contributed by atoms with Crippen LogP contribution in [0.15, 0.2) is 60.8 Å². The summed E-state index contributed by atoms with van der Waals surface area (Å²) in [5, 5.41) is 12.8. The number of aliphatic hydroxyl groups is 1. The summed E-state index contributed by atoms with van der Waals surface area (Å²) in [6.07, 6.45) is 6.66. The minimum absolute atomic E-state index is 0.0866. The van der Waals surface area contributed by atoms with Gasteiger partial charge in [0.15, 0.2) is 0 Å². The number of hydrogen-bond donors (Lipinski definition) is 2. The zero-order valence-electron chi connectivity index (χ0n) is 16.0. The van der Waals surface area contributed by atoms with Crippen LogP contribution in [-0.4, -0.2) is 33.5 Å². The molecule has 4 nitrogen and oxygen atoms in total. The van der Waals surface area contributed by atoms with Gasteiger partial charge in [-0.2, -0.15) is 0 Å². The van der Waals surface area contributed by atoms with E-state index in [1.165, 1.54) is 0 Å². The Hall–Kier alpha value is -2.59. The normalized spacial score (nSPS) is 27.5. The van der Waals surface area contributed by atoms with E-state index in [0.29, 0.717) is 13.0 Å². The first-order valence-electron chi connectivity index (χ1n) is 10.3. The average Bonchev–Trinajstić information content (AvgIpc) is 3.22. The Labute approximate surface area is 165 Å². The predicted octanol–water partition coefficient (Wildman–Crippen LogP) is 4.46. The summed E-state index contributed by atoms with van der Waals surface area (Å²) in [4.78, 5) is 18.6. The molecule has 1 saturated heterocycles. The first-order valence-corrected chi connectivity index (χ1v) is 10.3. The van der Waals surface area contributed by atoms with Crippen LogP contribution >= 0.6 is 0 Å². The maximum Gasteiger partial charge on any atom is 0.254 e. The maximum atomic E-state index is 13.4. The van der Waals surface area contributed by atoms with Gasteiger partial charge < -0.3 is 15.0 Å². The monoisotopic (exact) mass is 374 g/mol. The predicted molar refractivity (Wildman–Crippen MR) is 110 cm³/mol. The minimum atomic E-state index is -0.841. The molecule has 1 saturated carbocycles. The molecule has 3 atom stereocenters. The number of likely N-dealkylation sites (tertiary alicyclic amines) is 1. The third kappa shape index (κ3) is 2.75. The van der Waals surface area contributed by atoms with Gasteiger partial charge in [0.25, 0.3) is 5.91 Å². The lowest BCUT2D eigenvalue weighted by atomic mass is 9.66. The molecule has 0 bridgehead atoms. The number of piperidine rings is 1. The molecule has 2 fully saturated rings. The van der Waals surface area contributed by atoms with Crippen molar-refractivity contribution >= 4 is 16.8 Å². The summed E-state index contributed by atoms with van der Waals surface area (Å²) in [7, 11) is 0. The molecule has 28 heavy (non-hydrogen) atoms. The number of rotatable bonds is 2. The van der Waals surface area contributed by atoms with Crippen molar-refractivity contribution < 1.29 is 9.90 Å². The number of nitrogens with one attached hydrogen (secondary N) is 1. The summed E-state index contributed by atoms with van der Waals surface area (Å²) in [6.45, 7) is 0.591. The van der Waals surface area contributed by atoms with E-state index in [2.05, 4.69) is 4.98 Å². The van der Waals surface area contributed by atoms with Crippen molar-refractivity contribution in [2.45, 2.75) is 43.7 Å². The van der Waals surface area contributed by atoms with Gasteiger partial charge in [-0.15, -0.1) is 0 Å². The van der Waals surface area contributed by atoms with E-state index in [1.54, 1.807) is 0 Å². The lowest BCUT2D eigenvalue weighted by Crippen LogP contribution is -2.58. The maximum absolute atomic E-state index is 13.4. The lowest BCUT2D eigenvalue weighted by Gasteiger charge is -2.52. The molecule has 2 heterocycles. The Morgan fingerprint density at radius 2 is 1.89 bits per heavy atom. The molecule has 2 N–H and O–H groups in total. The van der Waals surface area contributed by atoms with Gasteiger partial charge in [0.05, 0.1) is 5.60 Å². The van der Waals surface area contributed by atoms with Gasteiger partial charge in [-0.05, 0) is 48.4 Å². The summed E-state index contributed by atoms with van der Waals surface area (Å²) < 4.78 is 0. The highest BCUT2D eigenvalue weighted by Crippen LogP contribution is 2.47. The van der Waals surface area contributed by atoms with E-state index in [-0.39, 0.29) is 17.9 Å². The zero-order valence-corrected chi connectivity index (χ0v) is 16.0. The fraction of sp³-hybridized carbons (Fsp3) is 0.375. The van der Waals surface area contributed by atoms with Gasteiger partial charge in [0.2, 0.25) is 0 Å². The Bertz CT molecular complexity index is 996. The molecule has 1 amide bonds. The topological polar surface area (TPSA) is 56.3 Å². The van der Waals surface area contributed by atoms with Crippen molar-refractivity contribution in [2.75, 3.05) is 6.54 Å². The van der Waals surface area contributed by atoms with Crippen molar-refractivity contribution in [3.8, 4) is 0 Å². The van der Waals surface area contributed by atoms with E-state index in [4.69, 9.17) is 0 Å². The van der Waals surface area contributed by atoms with Crippen LogP contribution in [0.5, 0.6) is 0 Å². The van der Waals surface area contributed by atoms with Gasteiger partial charge in [0.1, 0.15) is 0 Å². The van der Waals surface area contributed by atoms with E-state index < -0.39 is 5.60 Å². The second-order valence-corrected chi connectivity index (χ2v) is 8.28. The van der Waals surface area contributed by atoms with Crippen LogP contribution in [0.4, 0.5) is 0 Å². The van der Waals surface area contributed by atoms with E-state index in [9.17, 15) is 9.90 Å². The summed E-state index contributed by atoms with van der Waals surface area (Å²) in [6, 6.07) is 18.0. The molecule has 144 valence electrons. The van der Waals surface area contributed by atoms with Crippen LogP contribution in [0.25, 0.3) is 10.9 Å². The highest BCUT2D eigenvalue weighted by atomic mass is 16.3. The highest BCUT2D eigenvalue weighted by Gasteiger charge is 2.50. The molecule has 1 aliphatic heterocycles. The van der Waals surface area contributed by atoms with Crippen LogP contribution in [0.3, 0.4) is 0 Å². The molecule has 0 spiro atoms. The van der Waals surface area contributed by atoms with Crippen LogP contribution in [0, 0.1) is 5.92 Å².